The SMILES string of the molecule is CCc1ccc(CNCC2CC(C)=CC(C)C2)s1. The second-order valence-electron chi connectivity index (χ2n) is 5.65. The van der Waals surface area contributed by atoms with Gasteiger partial charge >= 0.3 is 0 Å². The Hall–Kier alpha value is -0.600. The van der Waals surface area contributed by atoms with Crippen LogP contribution in [0.1, 0.15) is 43.4 Å². The Balaban J connectivity index is 1.74. The lowest BCUT2D eigenvalue weighted by atomic mass is 9.84. The highest BCUT2D eigenvalue weighted by molar-refractivity contribution is 7.11. The van der Waals surface area contributed by atoms with Gasteiger partial charge in [-0.15, -0.1) is 11.3 Å². The fourth-order valence-electron chi connectivity index (χ4n) is 2.95. The summed E-state index contributed by atoms with van der Waals surface area (Å²) in [6, 6.07) is 4.53. The van der Waals surface area contributed by atoms with E-state index in [0.29, 0.717) is 0 Å². The molecule has 1 aromatic heterocycles. The Morgan fingerprint density at radius 2 is 2.11 bits per heavy atom. The summed E-state index contributed by atoms with van der Waals surface area (Å²) in [6.45, 7) is 9.03. The molecule has 2 atom stereocenters. The molecular formula is C16H25NS. The van der Waals surface area contributed by atoms with Crippen molar-refractivity contribution in [1.82, 2.24) is 5.32 Å². The van der Waals surface area contributed by atoms with Crippen molar-refractivity contribution >= 4 is 11.3 Å². The van der Waals surface area contributed by atoms with E-state index in [0.717, 1.165) is 31.3 Å². The summed E-state index contributed by atoms with van der Waals surface area (Å²) in [5.41, 5.74) is 1.57. The topological polar surface area (TPSA) is 12.0 Å². The lowest BCUT2D eigenvalue weighted by molar-refractivity contribution is 0.382. The molecule has 1 aromatic rings. The maximum absolute atomic E-state index is 3.63. The molecule has 0 spiro atoms. The van der Waals surface area contributed by atoms with Gasteiger partial charge in [-0.05, 0) is 56.7 Å². The van der Waals surface area contributed by atoms with Crippen LogP contribution in [0.3, 0.4) is 0 Å². The van der Waals surface area contributed by atoms with Crippen LogP contribution in [0.25, 0.3) is 0 Å². The molecule has 1 aliphatic carbocycles. The highest BCUT2D eigenvalue weighted by Gasteiger charge is 2.17. The number of thiophene rings is 1. The number of nitrogens with one attached hydrogen (secondary N) is 1. The molecule has 2 rings (SSSR count). The summed E-state index contributed by atoms with van der Waals surface area (Å²) in [5, 5.41) is 3.63. The number of rotatable bonds is 5. The lowest BCUT2D eigenvalue weighted by Gasteiger charge is -2.25. The quantitative estimate of drug-likeness (QED) is 0.777. The normalized spacial score (nSPS) is 24.1. The molecule has 1 heterocycles. The maximum Gasteiger partial charge on any atom is 0.0299 e. The zero-order chi connectivity index (χ0) is 13.0. The predicted molar refractivity (Wildman–Crippen MR) is 81.0 cm³/mol. The summed E-state index contributed by atoms with van der Waals surface area (Å²) in [6.07, 6.45) is 6.22. The van der Waals surface area contributed by atoms with Crippen LogP contribution in [0.4, 0.5) is 0 Å². The van der Waals surface area contributed by atoms with E-state index in [4.69, 9.17) is 0 Å². The molecule has 100 valence electrons. The summed E-state index contributed by atoms with van der Waals surface area (Å²) in [5.74, 6) is 1.59. The Kier molecular flexibility index (Phi) is 5.02. The molecule has 0 aromatic carbocycles. The van der Waals surface area contributed by atoms with Crippen molar-refractivity contribution < 1.29 is 0 Å². The molecule has 2 heteroatoms. The van der Waals surface area contributed by atoms with E-state index in [2.05, 4.69) is 44.3 Å². The van der Waals surface area contributed by atoms with E-state index in [1.807, 2.05) is 11.3 Å². The third kappa shape index (κ3) is 3.96. The minimum atomic E-state index is 0.763. The van der Waals surface area contributed by atoms with Crippen molar-refractivity contribution in [3.8, 4) is 0 Å². The van der Waals surface area contributed by atoms with Gasteiger partial charge in [-0.3, -0.25) is 0 Å². The Morgan fingerprint density at radius 3 is 2.78 bits per heavy atom. The molecule has 1 aliphatic rings. The fourth-order valence-corrected chi connectivity index (χ4v) is 3.88. The third-order valence-electron chi connectivity index (χ3n) is 3.68. The van der Waals surface area contributed by atoms with Gasteiger partial charge in [-0.25, -0.2) is 0 Å². The monoisotopic (exact) mass is 263 g/mol. The first kappa shape index (κ1) is 13.8. The first-order valence-electron chi connectivity index (χ1n) is 7.13. The first-order valence-corrected chi connectivity index (χ1v) is 7.94. The minimum Gasteiger partial charge on any atom is -0.312 e. The van der Waals surface area contributed by atoms with Crippen LogP contribution in [0.2, 0.25) is 0 Å². The van der Waals surface area contributed by atoms with Crippen molar-refractivity contribution in [2.24, 2.45) is 11.8 Å². The number of allylic oxidation sites excluding steroid dienone is 2. The van der Waals surface area contributed by atoms with Gasteiger partial charge in [-0.2, -0.15) is 0 Å². The number of hydrogen-bond acceptors (Lipinski definition) is 2. The fraction of sp³-hybridized carbons (Fsp3) is 0.625. The Labute approximate surface area is 115 Å². The van der Waals surface area contributed by atoms with E-state index in [1.54, 1.807) is 5.57 Å². The van der Waals surface area contributed by atoms with Crippen LogP contribution in [0.5, 0.6) is 0 Å². The second kappa shape index (κ2) is 6.53. The Bertz CT molecular complexity index is 405. The zero-order valence-electron chi connectivity index (χ0n) is 11.8. The van der Waals surface area contributed by atoms with Gasteiger partial charge in [0.05, 0.1) is 0 Å². The van der Waals surface area contributed by atoms with Gasteiger partial charge in [0.15, 0.2) is 0 Å². The van der Waals surface area contributed by atoms with Crippen molar-refractivity contribution in [2.45, 2.75) is 46.6 Å². The summed E-state index contributed by atoms with van der Waals surface area (Å²) >= 11 is 1.95. The highest BCUT2D eigenvalue weighted by Crippen LogP contribution is 2.27. The van der Waals surface area contributed by atoms with Crippen LogP contribution in [-0.2, 0) is 13.0 Å². The molecule has 0 bridgehead atoms. The van der Waals surface area contributed by atoms with Crippen molar-refractivity contribution in [3.63, 3.8) is 0 Å². The predicted octanol–water partition coefficient (Wildman–Crippen LogP) is 4.39. The van der Waals surface area contributed by atoms with E-state index >= 15 is 0 Å². The number of aryl methyl sites for hydroxylation is 1. The van der Waals surface area contributed by atoms with Crippen molar-refractivity contribution in [1.29, 1.82) is 0 Å². The van der Waals surface area contributed by atoms with Crippen molar-refractivity contribution in [3.05, 3.63) is 33.5 Å². The van der Waals surface area contributed by atoms with Gasteiger partial charge in [-0.1, -0.05) is 25.5 Å². The van der Waals surface area contributed by atoms with Crippen molar-refractivity contribution in [2.75, 3.05) is 6.54 Å². The second-order valence-corrected chi connectivity index (χ2v) is 6.90. The molecule has 18 heavy (non-hydrogen) atoms. The van der Waals surface area contributed by atoms with E-state index in [-0.39, 0.29) is 0 Å². The molecule has 0 amide bonds. The van der Waals surface area contributed by atoms with E-state index in [1.165, 1.54) is 22.6 Å². The summed E-state index contributed by atoms with van der Waals surface area (Å²) in [7, 11) is 0. The molecular weight excluding hydrogens is 238 g/mol. The van der Waals surface area contributed by atoms with Gasteiger partial charge in [0.25, 0.3) is 0 Å². The first-order chi connectivity index (χ1) is 8.67. The zero-order valence-corrected chi connectivity index (χ0v) is 12.6. The third-order valence-corrected chi connectivity index (χ3v) is 4.91. The molecule has 0 radical (unpaired) electrons. The van der Waals surface area contributed by atoms with Crippen LogP contribution in [-0.4, -0.2) is 6.54 Å². The van der Waals surface area contributed by atoms with Crippen LogP contribution in [0.15, 0.2) is 23.8 Å². The standard InChI is InChI=1S/C16H25NS/c1-4-15-5-6-16(18-15)11-17-10-14-8-12(2)7-13(3)9-14/h5-7,12,14,17H,4,8-11H2,1-3H3. The molecule has 0 saturated heterocycles. The number of hydrogen-bond donors (Lipinski definition) is 1. The maximum atomic E-state index is 3.63. The van der Waals surface area contributed by atoms with Gasteiger partial charge in [0.2, 0.25) is 0 Å². The van der Waals surface area contributed by atoms with Crippen LogP contribution < -0.4 is 5.32 Å². The van der Waals surface area contributed by atoms with E-state index in [9.17, 15) is 0 Å². The van der Waals surface area contributed by atoms with Crippen LogP contribution >= 0.6 is 11.3 Å². The summed E-state index contributed by atoms with van der Waals surface area (Å²) in [4.78, 5) is 2.97. The molecule has 0 saturated carbocycles. The van der Waals surface area contributed by atoms with Crippen LogP contribution in [0, 0.1) is 11.8 Å². The largest absolute Gasteiger partial charge is 0.312 e. The molecule has 2 unspecified atom stereocenters. The lowest BCUT2D eigenvalue weighted by Crippen LogP contribution is -2.25. The average molecular weight is 263 g/mol. The molecule has 1 nitrogen and oxygen atoms in total. The summed E-state index contributed by atoms with van der Waals surface area (Å²) < 4.78 is 0. The molecule has 0 fully saturated rings. The van der Waals surface area contributed by atoms with Gasteiger partial charge in [0.1, 0.15) is 0 Å². The smallest absolute Gasteiger partial charge is 0.0299 e. The van der Waals surface area contributed by atoms with Gasteiger partial charge in [0, 0.05) is 16.3 Å². The average Bonchev–Trinajstić information content (AvgIpc) is 2.76. The highest BCUT2D eigenvalue weighted by atomic mass is 32.1. The van der Waals surface area contributed by atoms with Gasteiger partial charge < -0.3 is 5.32 Å². The van der Waals surface area contributed by atoms with E-state index < -0.39 is 0 Å². The minimum absolute atomic E-state index is 0.763. The Morgan fingerprint density at radius 1 is 1.33 bits per heavy atom. The molecule has 0 aliphatic heterocycles. The molecule has 1 N–H and O–H groups in total.